The van der Waals surface area contributed by atoms with Crippen LogP contribution in [-0.2, 0) is 4.74 Å². The van der Waals surface area contributed by atoms with E-state index >= 15 is 0 Å². The summed E-state index contributed by atoms with van der Waals surface area (Å²) in [6.07, 6.45) is -0.333. The molecule has 0 bridgehead atoms. The van der Waals surface area contributed by atoms with Gasteiger partial charge in [-0.15, -0.1) is 0 Å². The number of piperazine rings is 1. The van der Waals surface area contributed by atoms with E-state index in [1.165, 1.54) is 0 Å². The Morgan fingerprint density at radius 2 is 2.00 bits per heavy atom. The van der Waals surface area contributed by atoms with Crippen molar-refractivity contribution >= 4 is 6.09 Å². The molecule has 1 atom stereocenters. The van der Waals surface area contributed by atoms with Gasteiger partial charge < -0.3 is 15.4 Å². The maximum Gasteiger partial charge on any atom is 0.407 e. The molecule has 0 unspecified atom stereocenters. The number of alkyl carbamates (subject to hydrolysis) is 1. The summed E-state index contributed by atoms with van der Waals surface area (Å²) in [4.78, 5) is 13.9. The first kappa shape index (κ1) is 14.3. The minimum atomic E-state index is -0.432. The fourth-order valence-electron chi connectivity index (χ4n) is 1.84. The van der Waals surface area contributed by atoms with Crippen LogP contribution in [0.5, 0.6) is 0 Å². The topological polar surface area (TPSA) is 53.6 Å². The van der Waals surface area contributed by atoms with Crippen molar-refractivity contribution in [1.29, 1.82) is 0 Å². The van der Waals surface area contributed by atoms with Crippen LogP contribution in [0, 0.1) is 0 Å². The fourth-order valence-corrected chi connectivity index (χ4v) is 1.84. The van der Waals surface area contributed by atoms with Crippen LogP contribution in [0.25, 0.3) is 0 Å². The lowest BCUT2D eigenvalue weighted by atomic mass is 10.2. The van der Waals surface area contributed by atoms with E-state index in [1.807, 2.05) is 27.7 Å². The third-order valence-electron chi connectivity index (χ3n) is 2.50. The van der Waals surface area contributed by atoms with Crippen molar-refractivity contribution in [1.82, 2.24) is 15.5 Å². The van der Waals surface area contributed by atoms with E-state index < -0.39 is 5.60 Å². The molecule has 0 spiro atoms. The molecule has 0 aromatic carbocycles. The van der Waals surface area contributed by atoms with Gasteiger partial charge in [0.15, 0.2) is 0 Å². The zero-order chi connectivity index (χ0) is 12.9. The quantitative estimate of drug-likeness (QED) is 0.770. The van der Waals surface area contributed by atoms with Crippen LogP contribution in [0.2, 0.25) is 0 Å². The van der Waals surface area contributed by atoms with Gasteiger partial charge in [-0.25, -0.2) is 4.79 Å². The highest BCUT2D eigenvalue weighted by atomic mass is 16.6. The Morgan fingerprint density at radius 3 is 2.53 bits per heavy atom. The summed E-state index contributed by atoms with van der Waals surface area (Å²) in [5.41, 5.74) is -0.432. The molecule has 100 valence electrons. The molecule has 1 saturated heterocycles. The maximum atomic E-state index is 11.5. The molecular formula is C12H25N3O2. The smallest absolute Gasteiger partial charge is 0.407 e. The number of nitrogens with zero attached hydrogens (tertiary/aromatic N) is 1. The van der Waals surface area contributed by atoms with E-state index in [9.17, 15) is 4.79 Å². The number of nitrogens with one attached hydrogen (secondary N) is 2. The predicted octanol–water partition coefficient (Wildman–Crippen LogP) is 0.805. The van der Waals surface area contributed by atoms with Crippen molar-refractivity contribution in [3.63, 3.8) is 0 Å². The first-order valence-electron chi connectivity index (χ1n) is 6.29. The number of rotatable bonds is 3. The molecule has 1 fully saturated rings. The minimum absolute atomic E-state index is 0.114. The fraction of sp³-hybridized carbons (Fsp3) is 0.917. The van der Waals surface area contributed by atoms with Crippen molar-refractivity contribution in [2.45, 2.75) is 39.3 Å². The Kier molecular flexibility index (Phi) is 5.21. The van der Waals surface area contributed by atoms with Crippen molar-refractivity contribution in [3.8, 4) is 0 Å². The van der Waals surface area contributed by atoms with Crippen molar-refractivity contribution < 1.29 is 9.53 Å². The molecule has 0 saturated carbocycles. The Bertz CT molecular complexity index is 245. The van der Waals surface area contributed by atoms with Crippen molar-refractivity contribution in [3.05, 3.63) is 0 Å². The third-order valence-corrected chi connectivity index (χ3v) is 2.50. The highest BCUT2D eigenvalue weighted by molar-refractivity contribution is 5.68. The van der Waals surface area contributed by atoms with E-state index in [1.54, 1.807) is 0 Å². The summed E-state index contributed by atoms with van der Waals surface area (Å²) in [6.45, 7) is 12.6. The molecular weight excluding hydrogens is 218 g/mol. The number of carbonyl (C=O) groups is 1. The zero-order valence-electron chi connectivity index (χ0n) is 11.4. The van der Waals surface area contributed by atoms with E-state index in [-0.39, 0.29) is 12.1 Å². The molecule has 1 amide bonds. The molecule has 2 N–H and O–H groups in total. The van der Waals surface area contributed by atoms with Crippen LogP contribution in [-0.4, -0.2) is 55.4 Å². The lowest BCUT2D eigenvalue weighted by molar-refractivity contribution is 0.0495. The van der Waals surface area contributed by atoms with Crippen LogP contribution >= 0.6 is 0 Å². The van der Waals surface area contributed by atoms with Crippen LogP contribution < -0.4 is 10.6 Å². The van der Waals surface area contributed by atoms with Gasteiger partial charge in [-0.05, 0) is 27.7 Å². The maximum absolute atomic E-state index is 11.5. The van der Waals surface area contributed by atoms with Crippen molar-refractivity contribution in [2.75, 3.05) is 32.7 Å². The van der Waals surface area contributed by atoms with E-state index in [4.69, 9.17) is 4.74 Å². The Labute approximate surface area is 104 Å². The van der Waals surface area contributed by atoms with Crippen LogP contribution in [0.15, 0.2) is 0 Å². The molecule has 0 aromatic heterocycles. The Morgan fingerprint density at radius 1 is 1.41 bits per heavy atom. The molecule has 1 aliphatic rings. The molecule has 1 aliphatic heterocycles. The van der Waals surface area contributed by atoms with Gasteiger partial charge >= 0.3 is 6.09 Å². The zero-order valence-corrected chi connectivity index (χ0v) is 11.4. The number of ether oxygens (including phenoxy) is 1. The molecule has 17 heavy (non-hydrogen) atoms. The predicted molar refractivity (Wildman–Crippen MR) is 68.1 cm³/mol. The molecule has 5 heteroatoms. The summed E-state index contributed by atoms with van der Waals surface area (Å²) >= 11 is 0. The van der Waals surface area contributed by atoms with E-state index in [0.717, 1.165) is 32.7 Å². The second-order valence-corrected chi connectivity index (χ2v) is 5.60. The SMILES string of the molecule is C[C@@H](CN1CCNCC1)NC(=O)OC(C)(C)C. The first-order chi connectivity index (χ1) is 7.87. The summed E-state index contributed by atoms with van der Waals surface area (Å²) < 4.78 is 5.22. The number of hydrogen-bond acceptors (Lipinski definition) is 4. The number of amides is 1. The second-order valence-electron chi connectivity index (χ2n) is 5.60. The number of hydrogen-bond donors (Lipinski definition) is 2. The van der Waals surface area contributed by atoms with Gasteiger partial charge in [0.1, 0.15) is 5.60 Å². The molecule has 0 aliphatic carbocycles. The normalized spacial score (nSPS) is 19.8. The first-order valence-corrected chi connectivity index (χ1v) is 6.29. The number of carbonyl (C=O) groups excluding carboxylic acids is 1. The molecule has 0 radical (unpaired) electrons. The Balaban J connectivity index is 2.23. The van der Waals surface area contributed by atoms with Crippen LogP contribution in [0.1, 0.15) is 27.7 Å². The monoisotopic (exact) mass is 243 g/mol. The largest absolute Gasteiger partial charge is 0.444 e. The Hall–Kier alpha value is -0.810. The molecule has 0 aromatic rings. The van der Waals surface area contributed by atoms with Gasteiger partial charge in [0.2, 0.25) is 0 Å². The highest BCUT2D eigenvalue weighted by Crippen LogP contribution is 2.06. The van der Waals surface area contributed by atoms with Gasteiger partial charge in [0.05, 0.1) is 0 Å². The summed E-state index contributed by atoms with van der Waals surface area (Å²) in [5, 5.41) is 6.17. The standard InChI is InChI=1S/C12H25N3O2/c1-10(9-15-7-5-13-6-8-15)14-11(16)17-12(2,3)4/h10,13H,5-9H2,1-4H3,(H,14,16)/t10-/m0/s1. The van der Waals surface area contributed by atoms with E-state index in [0.29, 0.717) is 0 Å². The molecule has 1 rings (SSSR count). The van der Waals surface area contributed by atoms with Crippen LogP contribution in [0.3, 0.4) is 0 Å². The highest BCUT2D eigenvalue weighted by Gasteiger charge is 2.19. The van der Waals surface area contributed by atoms with Gasteiger partial charge in [0, 0.05) is 38.8 Å². The third kappa shape index (κ3) is 6.48. The summed E-state index contributed by atoms with van der Waals surface area (Å²) in [7, 11) is 0. The lowest BCUT2D eigenvalue weighted by Gasteiger charge is -2.30. The average molecular weight is 243 g/mol. The second kappa shape index (κ2) is 6.21. The van der Waals surface area contributed by atoms with Gasteiger partial charge in [-0.3, -0.25) is 4.90 Å². The summed E-state index contributed by atoms with van der Waals surface area (Å²) in [5.74, 6) is 0. The molecule has 5 nitrogen and oxygen atoms in total. The molecule has 1 heterocycles. The van der Waals surface area contributed by atoms with Gasteiger partial charge in [-0.1, -0.05) is 0 Å². The average Bonchev–Trinajstić information content (AvgIpc) is 2.15. The van der Waals surface area contributed by atoms with Crippen molar-refractivity contribution in [2.24, 2.45) is 0 Å². The minimum Gasteiger partial charge on any atom is -0.444 e. The van der Waals surface area contributed by atoms with Gasteiger partial charge in [-0.2, -0.15) is 0 Å². The van der Waals surface area contributed by atoms with Crippen LogP contribution in [0.4, 0.5) is 4.79 Å². The van der Waals surface area contributed by atoms with E-state index in [2.05, 4.69) is 15.5 Å². The lowest BCUT2D eigenvalue weighted by Crippen LogP contribution is -2.49. The van der Waals surface area contributed by atoms with Gasteiger partial charge in [0.25, 0.3) is 0 Å². The summed E-state index contributed by atoms with van der Waals surface area (Å²) in [6, 6.07) is 0.114.